The van der Waals surface area contributed by atoms with Crippen LogP contribution in [0.25, 0.3) is 5.69 Å². The molecule has 3 rings (SSSR count). The van der Waals surface area contributed by atoms with Crippen LogP contribution in [0.1, 0.15) is 17.0 Å². The van der Waals surface area contributed by atoms with Gasteiger partial charge in [-0.2, -0.15) is 10.4 Å². The smallest absolute Gasteiger partial charge is 0.228 e. The van der Waals surface area contributed by atoms with Crippen molar-refractivity contribution in [2.24, 2.45) is 0 Å². The zero-order chi connectivity index (χ0) is 20.1. The standard InChI is InChI=1S/C21H19ClN4O2/c1-14-20(15(2)26(25-14)18-7-3-16(22)4-8-18)13-21(27)24-17-5-9-19(10-6-17)28-12-11-23/h3-10H,12-13H2,1-2H3,(H,24,27). The summed E-state index contributed by atoms with van der Waals surface area (Å²) in [7, 11) is 0. The number of aryl methyl sites for hydroxylation is 1. The molecule has 0 saturated heterocycles. The quantitative estimate of drug-likeness (QED) is 0.678. The van der Waals surface area contributed by atoms with Gasteiger partial charge in [-0.25, -0.2) is 4.68 Å². The molecule has 0 bridgehead atoms. The van der Waals surface area contributed by atoms with Gasteiger partial charge >= 0.3 is 0 Å². The highest BCUT2D eigenvalue weighted by Crippen LogP contribution is 2.21. The molecule has 6 nitrogen and oxygen atoms in total. The maximum Gasteiger partial charge on any atom is 0.228 e. The predicted molar refractivity (Wildman–Crippen MR) is 108 cm³/mol. The minimum Gasteiger partial charge on any atom is -0.479 e. The van der Waals surface area contributed by atoms with Crippen LogP contribution in [0, 0.1) is 25.2 Å². The average molecular weight is 395 g/mol. The Kier molecular flexibility index (Phi) is 5.97. The van der Waals surface area contributed by atoms with Crippen molar-refractivity contribution < 1.29 is 9.53 Å². The highest BCUT2D eigenvalue weighted by atomic mass is 35.5. The van der Waals surface area contributed by atoms with Crippen molar-refractivity contribution in [1.29, 1.82) is 5.26 Å². The molecular weight excluding hydrogens is 376 g/mol. The van der Waals surface area contributed by atoms with Crippen molar-refractivity contribution in [3.8, 4) is 17.5 Å². The number of anilines is 1. The molecule has 0 aliphatic carbocycles. The molecule has 1 amide bonds. The Balaban J connectivity index is 1.70. The summed E-state index contributed by atoms with van der Waals surface area (Å²) in [5.41, 5.74) is 4.17. The predicted octanol–water partition coefficient (Wildman–Crippen LogP) is 4.23. The maximum absolute atomic E-state index is 12.5. The van der Waals surface area contributed by atoms with Gasteiger partial charge in [0, 0.05) is 22.0 Å². The maximum atomic E-state index is 12.5. The van der Waals surface area contributed by atoms with Crippen molar-refractivity contribution in [2.45, 2.75) is 20.3 Å². The molecule has 3 aromatic rings. The van der Waals surface area contributed by atoms with Crippen molar-refractivity contribution in [3.05, 3.63) is 70.5 Å². The fourth-order valence-corrected chi connectivity index (χ4v) is 3.01. The summed E-state index contributed by atoms with van der Waals surface area (Å²) in [5, 5.41) is 16.6. The van der Waals surface area contributed by atoms with Gasteiger partial charge in [-0.05, 0) is 62.4 Å². The van der Waals surface area contributed by atoms with Gasteiger partial charge in [0.2, 0.25) is 5.91 Å². The van der Waals surface area contributed by atoms with Gasteiger partial charge in [-0.1, -0.05) is 11.6 Å². The molecule has 2 aromatic carbocycles. The van der Waals surface area contributed by atoms with Gasteiger partial charge in [0.1, 0.15) is 11.8 Å². The molecule has 0 atom stereocenters. The number of hydrogen-bond acceptors (Lipinski definition) is 4. The number of ether oxygens (including phenoxy) is 1. The number of nitrogens with zero attached hydrogens (tertiary/aromatic N) is 3. The van der Waals surface area contributed by atoms with Gasteiger partial charge in [-0.3, -0.25) is 4.79 Å². The van der Waals surface area contributed by atoms with Gasteiger partial charge < -0.3 is 10.1 Å². The summed E-state index contributed by atoms with van der Waals surface area (Å²) in [6, 6.07) is 16.2. The molecule has 7 heteroatoms. The number of aromatic nitrogens is 2. The highest BCUT2D eigenvalue weighted by Gasteiger charge is 2.16. The third-order valence-corrected chi connectivity index (χ3v) is 4.54. The molecule has 1 N–H and O–H groups in total. The lowest BCUT2D eigenvalue weighted by atomic mass is 10.1. The summed E-state index contributed by atoms with van der Waals surface area (Å²) >= 11 is 5.95. The number of nitriles is 1. The van der Waals surface area contributed by atoms with E-state index >= 15 is 0 Å². The minimum absolute atomic E-state index is 0.0120. The van der Waals surface area contributed by atoms with E-state index in [9.17, 15) is 4.79 Å². The molecule has 1 aromatic heterocycles. The Morgan fingerprint density at radius 2 is 1.86 bits per heavy atom. The van der Waals surface area contributed by atoms with E-state index in [0.29, 0.717) is 16.5 Å². The number of amides is 1. The third-order valence-electron chi connectivity index (χ3n) is 4.29. The lowest BCUT2D eigenvalue weighted by Crippen LogP contribution is -2.15. The molecule has 28 heavy (non-hydrogen) atoms. The van der Waals surface area contributed by atoms with E-state index < -0.39 is 0 Å². The number of rotatable bonds is 6. The summed E-state index contributed by atoms with van der Waals surface area (Å²) in [6.07, 6.45) is 0.220. The minimum atomic E-state index is -0.132. The van der Waals surface area contributed by atoms with E-state index in [4.69, 9.17) is 21.6 Å². The second kappa shape index (κ2) is 8.59. The first-order valence-corrected chi connectivity index (χ1v) is 9.06. The Hall–Kier alpha value is -3.30. The molecule has 0 saturated carbocycles. The zero-order valence-corrected chi connectivity index (χ0v) is 16.3. The van der Waals surface area contributed by atoms with Gasteiger partial charge in [-0.15, -0.1) is 0 Å². The van der Waals surface area contributed by atoms with E-state index in [1.54, 1.807) is 24.3 Å². The van der Waals surface area contributed by atoms with Crippen molar-refractivity contribution in [3.63, 3.8) is 0 Å². The number of nitrogens with one attached hydrogen (secondary N) is 1. The topological polar surface area (TPSA) is 79.9 Å². The highest BCUT2D eigenvalue weighted by molar-refractivity contribution is 6.30. The van der Waals surface area contributed by atoms with E-state index in [2.05, 4.69) is 10.4 Å². The third kappa shape index (κ3) is 4.51. The van der Waals surface area contributed by atoms with Crippen molar-refractivity contribution in [1.82, 2.24) is 9.78 Å². The van der Waals surface area contributed by atoms with Crippen LogP contribution in [0.5, 0.6) is 5.75 Å². The molecule has 0 aliphatic heterocycles. The molecule has 0 spiro atoms. The fraction of sp³-hybridized carbons (Fsp3) is 0.190. The largest absolute Gasteiger partial charge is 0.479 e. The van der Waals surface area contributed by atoms with Crippen molar-refractivity contribution >= 4 is 23.2 Å². The van der Waals surface area contributed by atoms with E-state index in [1.165, 1.54) is 0 Å². The Labute approximate surface area is 168 Å². The SMILES string of the molecule is Cc1nn(-c2ccc(Cl)cc2)c(C)c1CC(=O)Nc1ccc(OCC#N)cc1. The first kappa shape index (κ1) is 19.5. The van der Waals surface area contributed by atoms with Crippen LogP contribution in [-0.4, -0.2) is 22.3 Å². The van der Waals surface area contributed by atoms with Crippen LogP contribution in [-0.2, 0) is 11.2 Å². The average Bonchev–Trinajstić information content (AvgIpc) is 2.96. The number of hydrogen-bond donors (Lipinski definition) is 1. The number of benzene rings is 2. The van der Waals surface area contributed by atoms with Crippen LogP contribution < -0.4 is 10.1 Å². The molecule has 1 heterocycles. The van der Waals surface area contributed by atoms with Gasteiger partial charge in [0.15, 0.2) is 6.61 Å². The summed E-state index contributed by atoms with van der Waals surface area (Å²) in [5.74, 6) is 0.447. The lowest BCUT2D eigenvalue weighted by molar-refractivity contribution is -0.115. The van der Waals surface area contributed by atoms with Crippen LogP contribution in [0.2, 0.25) is 5.02 Å². The summed E-state index contributed by atoms with van der Waals surface area (Å²) in [6.45, 7) is 3.82. The van der Waals surface area contributed by atoms with Crippen molar-refractivity contribution in [2.75, 3.05) is 11.9 Å². The van der Waals surface area contributed by atoms with E-state index in [0.717, 1.165) is 22.6 Å². The molecule has 0 radical (unpaired) electrons. The Morgan fingerprint density at radius 1 is 1.18 bits per heavy atom. The number of carbonyl (C=O) groups is 1. The monoisotopic (exact) mass is 394 g/mol. The number of carbonyl (C=O) groups excluding carboxylic acids is 1. The second-order valence-electron chi connectivity index (χ2n) is 6.23. The first-order chi connectivity index (χ1) is 13.5. The van der Waals surface area contributed by atoms with Crippen LogP contribution in [0.15, 0.2) is 48.5 Å². The van der Waals surface area contributed by atoms with E-state index in [-0.39, 0.29) is 18.9 Å². The molecular formula is C21H19ClN4O2. The van der Waals surface area contributed by atoms with Crippen LogP contribution in [0.4, 0.5) is 5.69 Å². The van der Waals surface area contributed by atoms with Gasteiger partial charge in [0.05, 0.1) is 17.8 Å². The van der Waals surface area contributed by atoms with Gasteiger partial charge in [0.25, 0.3) is 0 Å². The molecule has 0 aliphatic rings. The van der Waals surface area contributed by atoms with E-state index in [1.807, 2.05) is 48.9 Å². The molecule has 0 fully saturated rings. The summed E-state index contributed by atoms with van der Waals surface area (Å²) < 4.78 is 7.02. The Morgan fingerprint density at radius 3 is 2.50 bits per heavy atom. The number of halogens is 1. The van der Waals surface area contributed by atoms with Crippen LogP contribution in [0.3, 0.4) is 0 Å². The zero-order valence-electron chi connectivity index (χ0n) is 15.6. The fourth-order valence-electron chi connectivity index (χ4n) is 2.88. The normalized spacial score (nSPS) is 10.4. The second-order valence-corrected chi connectivity index (χ2v) is 6.67. The summed E-state index contributed by atoms with van der Waals surface area (Å²) in [4.78, 5) is 12.5. The van der Waals surface area contributed by atoms with Crippen LogP contribution >= 0.6 is 11.6 Å². The lowest BCUT2D eigenvalue weighted by Gasteiger charge is -2.08. The molecule has 142 valence electrons. The first-order valence-electron chi connectivity index (χ1n) is 8.68. The molecule has 0 unspecified atom stereocenters. The Bertz CT molecular complexity index is 1020.